The predicted octanol–water partition coefficient (Wildman–Crippen LogP) is 0.341. The third-order valence-electron chi connectivity index (χ3n) is 2.26. The third kappa shape index (κ3) is 19.8. The van der Waals surface area contributed by atoms with Crippen molar-refractivity contribution in [1.29, 1.82) is 0 Å². The van der Waals surface area contributed by atoms with Crippen molar-refractivity contribution in [2.24, 2.45) is 0 Å². The van der Waals surface area contributed by atoms with E-state index in [0.717, 1.165) is 0 Å². The highest BCUT2D eigenvalue weighted by molar-refractivity contribution is 8.13. The topological polar surface area (TPSA) is 83.5 Å². The summed E-state index contributed by atoms with van der Waals surface area (Å²) in [5.74, 6) is 0.684. The Bertz CT molecular complexity index is 241. The molecule has 0 saturated carbocycles. The zero-order chi connectivity index (χ0) is 16.3. The lowest BCUT2D eigenvalue weighted by Crippen LogP contribution is -2.14. The van der Waals surface area contributed by atoms with Crippen LogP contribution in [-0.4, -0.2) is 88.7 Å². The Morgan fingerprint density at radius 2 is 1.09 bits per heavy atom. The van der Waals surface area contributed by atoms with Gasteiger partial charge in [0.05, 0.1) is 72.7 Å². The minimum atomic E-state index is 0.0333. The van der Waals surface area contributed by atoms with Gasteiger partial charge in [0.25, 0.3) is 0 Å². The van der Waals surface area contributed by atoms with E-state index < -0.39 is 0 Å². The molecule has 0 aromatic heterocycles. The summed E-state index contributed by atoms with van der Waals surface area (Å²) in [5, 5.41) is 8.59. The van der Waals surface area contributed by atoms with Gasteiger partial charge in [-0.25, -0.2) is 0 Å². The number of ether oxygens (including phenoxy) is 5. The van der Waals surface area contributed by atoms with Crippen molar-refractivity contribution in [2.75, 3.05) is 78.4 Å². The van der Waals surface area contributed by atoms with E-state index in [1.54, 1.807) is 6.92 Å². The highest BCUT2D eigenvalue weighted by atomic mass is 32.2. The lowest BCUT2D eigenvalue weighted by Gasteiger charge is -2.07. The molecule has 0 heterocycles. The summed E-state index contributed by atoms with van der Waals surface area (Å²) in [5.41, 5.74) is 0. The van der Waals surface area contributed by atoms with Crippen LogP contribution in [0.2, 0.25) is 0 Å². The molecule has 0 amide bonds. The summed E-state index contributed by atoms with van der Waals surface area (Å²) in [6, 6.07) is 0. The van der Waals surface area contributed by atoms with E-state index in [9.17, 15) is 4.79 Å². The van der Waals surface area contributed by atoms with E-state index in [2.05, 4.69) is 0 Å². The number of hydrogen-bond acceptors (Lipinski definition) is 8. The van der Waals surface area contributed by atoms with Crippen LogP contribution < -0.4 is 0 Å². The number of hydrogen-bond donors (Lipinski definition) is 1. The summed E-state index contributed by atoms with van der Waals surface area (Å²) < 4.78 is 26.2. The Hall–Kier alpha value is -0.220. The molecule has 0 atom stereocenters. The standard InChI is InChI=1S/C14H28O7S/c1-14(16)22-13-12-21-11-10-20-9-8-19-7-6-18-5-4-17-3-2-15/h15H,2-13H2,1H3. The van der Waals surface area contributed by atoms with Crippen molar-refractivity contribution in [3.05, 3.63) is 0 Å². The number of aliphatic hydroxyl groups excluding tert-OH is 1. The fraction of sp³-hybridized carbons (Fsp3) is 0.929. The average molecular weight is 340 g/mol. The van der Waals surface area contributed by atoms with Gasteiger partial charge in [-0.3, -0.25) is 4.79 Å². The number of carbonyl (C=O) groups is 1. The quantitative estimate of drug-likeness (QED) is 0.380. The van der Waals surface area contributed by atoms with E-state index in [1.165, 1.54) is 11.8 Å². The van der Waals surface area contributed by atoms with Crippen LogP contribution in [-0.2, 0) is 28.5 Å². The van der Waals surface area contributed by atoms with E-state index >= 15 is 0 Å². The molecule has 0 saturated heterocycles. The smallest absolute Gasteiger partial charge is 0.185 e. The molecule has 22 heavy (non-hydrogen) atoms. The average Bonchev–Trinajstić information content (AvgIpc) is 2.50. The maximum Gasteiger partial charge on any atom is 0.185 e. The van der Waals surface area contributed by atoms with Gasteiger partial charge in [0.1, 0.15) is 0 Å². The molecule has 0 unspecified atom stereocenters. The molecule has 0 aliphatic carbocycles. The van der Waals surface area contributed by atoms with Crippen LogP contribution in [0.25, 0.3) is 0 Å². The first kappa shape index (κ1) is 21.8. The van der Waals surface area contributed by atoms with Gasteiger partial charge < -0.3 is 28.8 Å². The van der Waals surface area contributed by atoms with Gasteiger partial charge in [0.2, 0.25) is 0 Å². The molecule has 0 radical (unpaired) electrons. The Labute approximate surface area is 136 Å². The highest BCUT2D eigenvalue weighted by Crippen LogP contribution is 1.99. The van der Waals surface area contributed by atoms with Crippen LogP contribution in [0.5, 0.6) is 0 Å². The molecule has 0 aliphatic rings. The normalized spacial score (nSPS) is 11.0. The van der Waals surface area contributed by atoms with Crippen molar-refractivity contribution in [3.8, 4) is 0 Å². The Balaban J connectivity index is 2.95. The second kappa shape index (κ2) is 18.8. The van der Waals surface area contributed by atoms with Crippen molar-refractivity contribution in [3.63, 3.8) is 0 Å². The SMILES string of the molecule is CC(=O)SCCOCCOCCOCCOCCOCCO. The van der Waals surface area contributed by atoms with E-state index in [4.69, 9.17) is 28.8 Å². The summed E-state index contributed by atoms with van der Waals surface area (Å²) >= 11 is 1.26. The van der Waals surface area contributed by atoms with Crippen LogP contribution in [0.4, 0.5) is 0 Å². The molecular formula is C14H28O7S. The third-order valence-corrected chi connectivity index (χ3v) is 3.03. The maximum absolute atomic E-state index is 10.6. The lowest BCUT2D eigenvalue weighted by atomic mass is 10.7. The lowest BCUT2D eigenvalue weighted by molar-refractivity contribution is -0.109. The minimum absolute atomic E-state index is 0.0333. The molecule has 7 nitrogen and oxygen atoms in total. The first-order valence-corrected chi connectivity index (χ1v) is 8.39. The van der Waals surface area contributed by atoms with Gasteiger partial charge >= 0.3 is 0 Å². The van der Waals surface area contributed by atoms with Crippen molar-refractivity contribution in [1.82, 2.24) is 0 Å². The van der Waals surface area contributed by atoms with Crippen molar-refractivity contribution in [2.45, 2.75) is 6.92 Å². The fourth-order valence-corrected chi connectivity index (χ4v) is 1.78. The van der Waals surface area contributed by atoms with Crippen LogP contribution >= 0.6 is 11.8 Å². The summed E-state index contributed by atoms with van der Waals surface area (Å²) in [6.07, 6.45) is 0. The molecular weight excluding hydrogens is 312 g/mol. The van der Waals surface area contributed by atoms with E-state index in [0.29, 0.717) is 71.8 Å². The van der Waals surface area contributed by atoms with Crippen molar-refractivity contribution < 1.29 is 33.6 Å². The first-order valence-electron chi connectivity index (χ1n) is 7.40. The molecule has 0 aromatic rings. The number of thioether (sulfide) groups is 1. The molecule has 1 N–H and O–H groups in total. The molecule has 0 aromatic carbocycles. The monoisotopic (exact) mass is 340 g/mol. The largest absolute Gasteiger partial charge is 0.394 e. The van der Waals surface area contributed by atoms with Gasteiger partial charge in [0, 0.05) is 12.7 Å². The minimum Gasteiger partial charge on any atom is -0.394 e. The second-order valence-electron chi connectivity index (χ2n) is 4.13. The Kier molecular flexibility index (Phi) is 18.6. The summed E-state index contributed by atoms with van der Waals surface area (Å²) in [6.45, 7) is 6.57. The summed E-state index contributed by atoms with van der Waals surface area (Å²) in [7, 11) is 0. The zero-order valence-corrected chi connectivity index (χ0v) is 14.1. The van der Waals surface area contributed by atoms with Crippen LogP contribution in [0.3, 0.4) is 0 Å². The molecule has 0 bridgehead atoms. The van der Waals surface area contributed by atoms with Gasteiger partial charge in [0.15, 0.2) is 5.12 Å². The van der Waals surface area contributed by atoms with E-state index in [1.807, 2.05) is 0 Å². The maximum atomic E-state index is 10.6. The number of carbonyl (C=O) groups excluding carboxylic acids is 1. The zero-order valence-electron chi connectivity index (χ0n) is 13.3. The van der Waals surface area contributed by atoms with Gasteiger partial charge in [-0.2, -0.15) is 0 Å². The van der Waals surface area contributed by atoms with Crippen LogP contribution in [0.15, 0.2) is 0 Å². The highest BCUT2D eigenvalue weighted by Gasteiger charge is 1.95. The molecule has 0 rings (SSSR count). The van der Waals surface area contributed by atoms with Crippen LogP contribution in [0.1, 0.15) is 6.92 Å². The summed E-state index contributed by atoms with van der Waals surface area (Å²) in [4.78, 5) is 10.6. The van der Waals surface area contributed by atoms with Gasteiger partial charge in [-0.05, 0) is 0 Å². The number of rotatable bonds is 17. The molecule has 0 spiro atoms. The predicted molar refractivity (Wildman–Crippen MR) is 84.3 cm³/mol. The number of aliphatic hydroxyl groups is 1. The van der Waals surface area contributed by atoms with Crippen LogP contribution in [0, 0.1) is 0 Å². The second-order valence-corrected chi connectivity index (χ2v) is 5.40. The van der Waals surface area contributed by atoms with Gasteiger partial charge in [-0.1, -0.05) is 11.8 Å². The van der Waals surface area contributed by atoms with Crippen molar-refractivity contribution >= 4 is 16.9 Å². The first-order chi connectivity index (χ1) is 10.8. The Morgan fingerprint density at radius 3 is 1.45 bits per heavy atom. The van der Waals surface area contributed by atoms with Gasteiger partial charge in [-0.15, -0.1) is 0 Å². The Morgan fingerprint density at radius 1 is 0.727 bits per heavy atom. The molecule has 0 aliphatic heterocycles. The van der Waals surface area contributed by atoms with E-state index in [-0.39, 0.29) is 11.7 Å². The fourth-order valence-electron chi connectivity index (χ4n) is 1.29. The molecule has 8 heteroatoms. The molecule has 132 valence electrons. The molecule has 0 fully saturated rings.